The molecule has 7 rings (SSSR count). The van der Waals surface area contributed by atoms with Crippen LogP contribution in [0.3, 0.4) is 0 Å². The summed E-state index contributed by atoms with van der Waals surface area (Å²) in [6, 6.07) is 13.3. The van der Waals surface area contributed by atoms with Crippen molar-refractivity contribution in [3.8, 4) is 34.4 Å². The van der Waals surface area contributed by atoms with Crippen molar-refractivity contribution in [2.24, 2.45) is 5.41 Å². The lowest BCUT2D eigenvalue weighted by Crippen LogP contribution is -2.57. The van der Waals surface area contributed by atoms with Gasteiger partial charge >= 0.3 is 12.1 Å². The molecule has 314 valence electrons. The Morgan fingerprint density at radius 2 is 1.64 bits per heavy atom. The zero-order chi connectivity index (χ0) is 42.4. The van der Waals surface area contributed by atoms with Gasteiger partial charge in [-0.2, -0.15) is 9.97 Å². The summed E-state index contributed by atoms with van der Waals surface area (Å²) in [4.78, 5) is 38.8. The number of carbonyl (C=O) groups is 2. The number of aldehydes is 1. The molecule has 2 saturated heterocycles. The Balaban J connectivity index is 1.38. The fourth-order valence-corrected chi connectivity index (χ4v) is 14.7. The van der Waals surface area contributed by atoms with Crippen LogP contribution in [-0.2, 0) is 14.3 Å². The van der Waals surface area contributed by atoms with Crippen LogP contribution >= 0.6 is 0 Å². The van der Waals surface area contributed by atoms with Crippen LogP contribution in [0.25, 0.3) is 32.8 Å². The third-order valence-corrected chi connectivity index (χ3v) is 18.9. The maximum Gasteiger partial charge on any atom is 0.410 e. The number of hydrogen-bond acceptors (Lipinski definition) is 9. The Hall–Kier alpha value is -4.73. The monoisotopic (exact) mass is 822 g/mol. The van der Waals surface area contributed by atoms with Crippen LogP contribution < -0.4 is 14.4 Å². The van der Waals surface area contributed by atoms with Crippen LogP contribution in [0, 0.1) is 22.7 Å². The third-order valence-electron chi connectivity index (χ3n) is 12.6. The number of amides is 1. The van der Waals surface area contributed by atoms with Crippen LogP contribution in [0.2, 0.25) is 16.6 Å². The van der Waals surface area contributed by atoms with E-state index >= 15 is 4.39 Å². The largest absolute Gasteiger partial charge is 0.468 e. The van der Waals surface area contributed by atoms with Crippen molar-refractivity contribution in [2.45, 2.75) is 122 Å². The zero-order valence-corrected chi connectivity index (χ0v) is 37.3. The third kappa shape index (κ3) is 8.25. The van der Waals surface area contributed by atoms with E-state index in [1.165, 1.54) is 0 Å². The van der Waals surface area contributed by atoms with Gasteiger partial charge in [0.15, 0.2) is 12.6 Å². The first-order valence-corrected chi connectivity index (χ1v) is 23.3. The molecule has 3 heterocycles. The fourth-order valence-electron chi connectivity index (χ4n) is 9.53. The molecule has 1 saturated carbocycles. The Kier molecular flexibility index (Phi) is 11.8. The fraction of sp³-hybridized carbons (Fsp3) is 0.532. The maximum absolute atomic E-state index is 17.7. The van der Waals surface area contributed by atoms with E-state index in [-0.39, 0.29) is 43.1 Å². The van der Waals surface area contributed by atoms with Crippen LogP contribution in [0.4, 0.5) is 15.0 Å². The molecule has 3 aliphatic rings. The summed E-state index contributed by atoms with van der Waals surface area (Å²) in [6.07, 6.45) is 3.70. The summed E-state index contributed by atoms with van der Waals surface area (Å²) in [5.41, 5.74) is 5.89. The number of piperazine rings is 1. The van der Waals surface area contributed by atoms with E-state index < -0.39 is 24.9 Å². The van der Waals surface area contributed by atoms with Crippen molar-refractivity contribution >= 4 is 47.9 Å². The van der Waals surface area contributed by atoms with Gasteiger partial charge in [0.1, 0.15) is 43.7 Å². The average Bonchev–Trinajstić information content (AvgIpc) is 3.91. The highest BCUT2D eigenvalue weighted by atomic mass is 28.3. The zero-order valence-electron chi connectivity index (χ0n) is 36.3. The van der Waals surface area contributed by atoms with Gasteiger partial charge in [0, 0.05) is 42.1 Å². The number of anilines is 1. The molecule has 3 aromatic carbocycles. The minimum atomic E-state index is -2.11. The SMILES string of the molecule is COCOc1cc(-c2ccc3c(N4CC5CCC(C4)N5C(=O)OC(C)(C)C)nc(OCC4(C=O)CC4)nc3c2F)c2c(C#C[Si](C(C)C)(C(C)C)C(C)C)cccc2c1. The lowest BCUT2D eigenvalue weighted by atomic mass is 9.93. The number of rotatable bonds is 12. The highest BCUT2D eigenvalue weighted by molar-refractivity contribution is 6.90. The van der Waals surface area contributed by atoms with Gasteiger partial charge in [-0.3, -0.25) is 4.90 Å². The number of nitrogens with zero attached hydrogens (tertiary/aromatic N) is 4. The van der Waals surface area contributed by atoms with E-state index in [1.54, 1.807) is 13.2 Å². The molecule has 2 unspecified atom stereocenters. The number of ether oxygens (including phenoxy) is 4. The van der Waals surface area contributed by atoms with Gasteiger partial charge in [-0.25, -0.2) is 9.18 Å². The number of hydrogen-bond donors (Lipinski definition) is 0. The number of methoxy groups -OCH3 is 1. The minimum absolute atomic E-state index is 0.00420. The van der Waals surface area contributed by atoms with E-state index in [0.717, 1.165) is 48.3 Å². The lowest BCUT2D eigenvalue weighted by molar-refractivity contribution is -0.113. The molecule has 0 N–H and O–H groups in total. The molecule has 59 heavy (non-hydrogen) atoms. The van der Waals surface area contributed by atoms with E-state index in [0.29, 0.717) is 57.8 Å². The quantitative estimate of drug-likeness (QED) is 0.0598. The first-order valence-electron chi connectivity index (χ1n) is 21.1. The van der Waals surface area contributed by atoms with Gasteiger partial charge in [-0.15, -0.1) is 5.54 Å². The van der Waals surface area contributed by atoms with Crippen molar-refractivity contribution in [2.75, 3.05) is 38.5 Å². The predicted molar refractivity (Wildman–Crippen MR) is 233 cm³/mol. The van der Waals surface area contributed by atoms with Gasteiger partial charge in [0.05, 0.1) is 17.5 Å². The number of carbonyl (C=O) groups excluding carboxylic acids is 2. The number of halogens is 1. The van der Waals surface area contributed by atoms with E-state index in [9.17, 15) is 9.59 Å². The van der Waals surface area contributed by atoms with E-state index in [1.807, 2.05) is 62.1 Å². The summed E-state index contributed by atoms with van der Waals surface area (Å²) >= 11 is 0. The Morgan fingerprint density at radius 1 is 0.966 bits per heavy atom. The molecule has 3 fully saturated rings. The van der Waals surface area contributed by atoms with Gasteiger partial charge < -0.3 is 28.6 Å². The number of aromatic nitrogens is 2. The summed E-state index contributed by atoms with van der Waals surface area (Å²) < 4.78 is 40.9. The molecule has 1 aliphatic carbocycles. The molecule has 2 bridgehead atoms. The minimum Gasteiger partial charge on any atom is -0.468 e. The van der Waals surface area contributed by atoms with Gasteiger partial charge in [0.25, 0.3) is 0 Å². The van der Waals surface area contributed by atoms with Crippen LogP contribution in [0.15, 0.2) is 42.5 Å². The van der Waals surface area contributed by atoms with Crippen molar-refractivity contribution in [1.29, 1.82) is 0 Å². The Bertz CT molecular complexity index is 2270. The van der Waals surface area contributed by atoms with Gasteiger partial charge in [-0.05, 0) is 98.3 Å². The van der Waals surface area contributed by atoms with Crippen molar-refractivity contribution in [1.82, 2.24) is 14.9 Å². The number of fused-ring (bicyclic) bond motifs is 4. The van der Waals surface area contributed by atoms with Crippen LogP contribution in [0.1, 0.15) is 93.6 Å². The lowest BCUT2D eigenvalue weighted by Gasteiger charge is -2.42. The van der Waals surface area contributed by atoms with Crippen LogP contribution in [-0.4, -0.2) is 86.6 Å². The second-order valence-corrected chi connectivity index (χ2v) is 24.3. The molecule has 4 aromatic rings. The molecule has 0 spiro atoms. The molecular formula is C47H59FN4O6Si. The average molecular weight is 823 g/mol. The molecule has 2 aliphatic heterocycles. The van der Waals surface area contributed by atoms with Crippen molar-refractivity contribution in [3.05, 3.63) is 53.8 Å². The maximum atomic E-state index is 17.7. The Morgan fingerprint density at radius 3 is 2.24 bits per heavy atom. The Labute approximate surface area is 349 Å². The molecule has 1 aromatic heterocycles. The smallest absolute Gasteiger partial charge is 0.410 e. The van der Waals surface area contributed by atoms with Gasteiger partial charge in [0.2, 0.25) is 0 Å². The number of benzene rings is 3. The second-order valence-electron chi connectivity index (χ2n) is 18.7. The highest BCUT2D eigenvalue weighted by Gasteiger charge is 2.46. The summed E-state index contributed by atoms with van der Waals surface area (Å²) in [5.74, 6) is 4.17. The first-order chi connectivity index (χ1) is 28.0. The predicted octanol–water partition coefficient (Wildman–Crippen LogP) is 10.1. The summed E-state index contributed by atoms with van der Waals surface area (Å²) in [7, 11) is -0.546. The first kappa shape index (κ1) is 42.4. The molecule has 2 atom stereocenters. The molecule has 1 amide bonds. The molecular weight excluding hydrogens is 764 g/mol. The van der Waals surface area contributed by atoms with Crippen molar-refractivity contribution in [3.63, 3.8) is 0 Å². The van der Waals surface area contributed by atoms with E-state index in [4.69, 9.17) is 28.9 Å². The van der Waals surface area contributed by atoms with Crippen LogP contribution in [0.5, 0.6) is 11.8 Å². The van der Waals surface area contributed by atoms with Crippen molar-refractivity contribution < 1.29 is 32.9 Å². The highest BCUT2D eigenvalue weighted by Crippen LogP contribution is 2.45. The summed E-state index contributed by atoms with van der Waals surface area (Å²) in [5, 5.41) is 2.21. The summed E-state index contributed by atoms with van der Waals surface area (Å²) in [6.45, 7) is 20.5. The normalized spacial score (nSPS) is 18.7. The molecule has 0 radical (unpaired) electrons. The molecule has 12 heteroatoms. The topological polar surface area (TPSA) is 103 Å². The standard InChI is InChI=1S/C47H59FN4O6Si/c1-29(2)59(30(3)4,31(5)6)21-18-32-12-11-13-33-22-36(57-28-55-10)23-39(40(32)33)37-16-17-38-42(41(37)48)49-44(56-27-47(26-53)19-20-47)50-43(38)51-24-34-14-15-35(25-51)52(34)45(54)58-46(7,8)9/h11-13,16-17,22-23,26,29-31,34-35H,14-15,19-20,24-25,27-28H2,1-10H3. The van der Waals surface area contributed by atoms with Gasteiger partial charge in [-0.1, -0.05) is 65.7 Å². The van der Waals surface area contributed by atoms with E-state index in [2.05, 4.69) is 57.9 Å². The second kappa shape index (κ2) is 16.4. The molecule has 10 nitrogen and oxygen atoms in total.